The molecule has 1 fully saturated rings. The number of carbonyl (C=O) groups excluding carboxylic acids is 1. The van der Waals surface area contributed by atoms with E-state index in [1.54, 1.807) is 25.3 Å². The van der Waals surface area contributed by atoms with Crippen LogP contribution in [0.4, 0.5) is 0 Å². The van der Waals surface area contributed by atoms with Gasteiger partial charge < -0.3 is 4.74 Å². The van der Waals surface area contributed by atoms with E-state index >= 15 is 0 Å². The van der Waals surface area contributed by atoms with E-state index in [0.717, 1.165) is 6.42 Å². The molecule has 2 rings (SSSR count). The second kappa shape index (κ2) is 3.86. The van der Waals surface area contributed by atoms with E-state index in [4.69, 9.17) is 16.3 Å². The minimum atomic E-state index is 0.162. The summed E-state index contributed by atoms with van der Waals surface area (Å²) in [7, 11) is 1.58. The molecule has 15 heavy (non-hydrogen) atoms. The Bertz CT molecular complexity index is 401. The molecule has 0 aliphatic heterocycles. The largest absolute Gasteiger partial charge is 0.497 e. The summed E-state index contributed by atoms with van der Waals surface area (Å²) in [5, 5.41) is 0.485. The van der Waals surface area contributed by atoms with Gasteiger partial charge in [-0.15, -0.1) is 0 Å². The number of ether oxygens (including phenoxy) is 1. The predicted molar refractivity (Wildman–Crippen MR) is 59.6 cm³/mol. The van der Waals surface area contributed by atoms with Gasteiger partial charge in [0.05, 0.1) is 12.1 Å². The lowest BCUT2D eigenvalue weighted by Crippen LogP contribution is -2.03. The van der Waals surface area contributed by atoms with Crippen LogP contribution >= 0.6 is 11.6 Å². The predicted octanol–water partition coefficient (Wildman–Crippen LogP) is 3.19. The van der Waals surface area contributed by atoms with Crippen molar-refractivity contribution in [1.29, 1.82) is 0 Å². The topological polar surface area (TPSA) is 26.3 Å². The van der Waals surface area contributed by atoms with E-state index in [1.807, 2.05) is 0 Å². The highest BCUT2D eigenvalue weighted by Crippen LogP contribution is 2.41. The maximum absolute atomic E-state index is 11.9. The molecule has 1 aromatic carbocycles. The van der Waals surface area contributed by atoms with Crippen LogP contribution in [0.25, 0.3) is 0 Å². The van der Waals surface area contributed by atoms with Gasteiger partial charge in [0.15, 0.2) is 5.78 Å². The summed E-state index contributed by atoms with van der Waals surface area (Å²) >= 11 is 6.02. The molecule has 1 aromatic rings. The Hall–Kier alpha value is -1.02. The summed E-state index contributed by atoms with van der Waals surface area (Å²) in [5.74, 6) is 1.53. The van der Waals surface area contributed by atoms with Gasteiger partial charge in [-0.1, -0.05) is 18.5 Å². The van der Waals surface area contributed by atoms with Crippen molar-refractivity contribution in [3.05, 3.63) is 28.8 Å². The molecule has 0 spiro atoms. The summed E-state index contributed by atoms with van der Waals surface area (Å²) in [5.41, 5.74) is 0.617. The third kappa shape index (κ3) is 2.00. The number of methoxy groups -OCH3 is 1. The normalized spacial score (nSPS) is 23.7. The maximum atomic E-state index is 11.9. The molecule has 2 unspecified atom stereocenters. The second-order valence-electron chi connectivity index (χ2n) is 4.03. The molecule has 2 nitrogen and oxygen atoms in total. The molecular weight excluding hydrogens is 212 g/mol. The van der Waals surface area contributed by atoms with Crippen LogP contribution in [0.3, 0.4) is 0 Å². The minimum Gasteiger partial charge on any atom is -0.497 e. The first kappa shape index (κ1) is 10.5. The molecule has 1 aliphatic rings. The molecule has 0 saturated heterocycles. The van der Waals surface area contributed by atoms with Crippen molar-refractivity contribution in [2.24, 2.45) is 11.8 Å². The smallest absolute Gasteiger partial charge is 0.167 e. The number of rotatable bonds is 3. The number of Topliss-reactive ketones (excluding diaryl/α,β-unsaturated/α-hetero) is 1. The fraction of sp³-hybridized carbons (Fsp3) is 0.417. The van der Waals surface area contributed by atoms with Crippen LogP contribution in [0.5, 0.6) is 5.75 Å². The third-order valence-electron chi connectivity index (χ3n) is 2.89. The Morgan fingerprint density at radius 3 is 2.67 bits per heavy atom. The number of hydrogen-bond acceptors (Lipinski definition) is 2. The zero-order valence-electron chi connectivity index (χ0n) is 8.79. The first-order valence-corrected chi connectivity index (χ1v) is 5.39. The van der Waals surface area contributed by atoms with E-state index in [9.17, 15) is 4.79 Å². The summed E-state index contributed by atoms with van der Waals surface area (Å²) in [6.07, 6.45) is 0.987. The highest BCUT2D eigenvalue weighted by Gasteiger charge is 2.39. The zero-order valence-corrected chi connectivity index (χ0v) is 9.54. The van der Waals surface area contributed by atoms with Crippen LogP contribution < -0.4 is 4.74 Å². The van der Waals surface area contributed by atoms with Gasteiger partial charge in [-0.05, 0) is 30.5 Å². The number of hydrogen-bond donors (Lipinski definition) is 0. The van der Waals surface area contributed by atoms with Crippen molar-refractivity contribution < 1.29 is 9.53 Å². The summed E-state index contributed by atoms with van der Waals surface area (Å²) in [6, 6.07) is 5.20. The standard InChI is InChI=1S/C12H13ClO2/c1-7-5-10(7)12(14)9-4-3-8(15-2)6-11(9)13/h3-4,6-7,10H,5H2,1-2H3. The van der Waals surface area contributed by atoms with Gasteiger partial charge in [-0.2, -0.15) is 0 Å². The highest BCUT2D eigenvalue weighted by atomic mass is 35.5. The van der Waals surface area contributed by atoms with E-state index < -0.39 is 0 Å². The van der Waals surface area contributed by atoms with Gasteiger partial charge in [0.1, 0.15) is 5.75 Å². The number of carbonyl (C=O) groups is 1. The van der Waals surface area contributed by atoms with Crippen LogP contribution in [-0.4, -0.2) is 12.9 Å². The average molecular weight is 225 g/mol. The monoisotopic (exact) mass is 224 g/mol. The number of benzene rings is 1. The van der Waals surface area contributed by atoms with Gasteiger partial charge in [-0.25, -0.2) is 0 Å². The maximum Gasteiger partial charge on any atom is 0.167 e. The molecular formula is C12H13ClO2. The van der Waals surface area contributed by atoms with Crippen molar-refractivity contribution in [2.75, 3.05) is 7.11 Å². The van der Waals surface area contributed by atoms with Crippen LogP contribution in [0.15, 0.2) is 18.2 Å². The zero-order chi connectivity index (χ0) is 11.0. The van der Waals surface area contributed by atoms with E-state index in [0.29, 0.717) is 22.3 Å². The van der Waals surface area contributed by atoms with Crippen molar-refractivity contribution in [1.82, 2.24) is 0 Å². The first-order chi connectivity index (χ1) is 7.13. The summed E-state index contributed by atoms with van der Waals surface area (Å²) in [4.78, 5) is 11.9. The van der Waals surface area contributed by atoms with Gasteiger partial charge in [-0.3, -0.25) is 4.79 Å². The van der Waals surface area contributed by atoms with Gasteiger partial charge in [0, 0.05) is 11.5 Å². The summed E-state index contributed by atoms with van der Waals surface area (Å²) < 4.78 is 5.03. The molecule has 0 N–H and O–H groups in total. The van der Waals surface area contributed by atoms with E-state index in [1.165, 1.54) is 0 Å². The molecule has 0 aromatic heterocycles. The fourth-order valence-electron chi connectivity index (χ4n) is 1.71. The Balaban J connectivity index is 2.25. The van der Waals surface area contributed by atoms with E-state index in [2.05, 4.69) is 6.92 Å². The molecule has 1 saturated carbocycles. The van der Waals surface area contributed by atoms with Crippen LogP contribution in [0, 0.1) is 11.8 Å². The van der Waals surface area contributed by atoms with Gasteiger partial charge >= 0.3 is 0 Å². The molecule has 0 radical (unpaired) electrons. The Morgan fingerprint density at radius 1 is 1.53 bits per heavy atom. The Kier molecular flexibility index (Phi) is 2.70. The Morgan fingerprint density at radius 2 is 2.20 bits per heavy atom. The second-order valence-corrected chi connectivity index (χ2v) is 4.44. The van der Waals surface area contributed by atoms with Crippen molar-refractivity contribution in [3.63, 3.8) is 0 Å². The molecule has 2 atom stereocenters. The lowest BCUT2D eigenvalue weighted by Gasteiger charge is -2.05. The van der Waals surface area contributed by atoms with Crippen LogP contribution in [0.2, 0.25) is 5.02 Å². The number of halogens is 1. The average Bonchev–Trinajstić information content (AvgIpc) is 2.94. The van der Waals surface area contributed by atoms with E-state index in [-0.39, 0.29) is 11.7 Å². The summed E-state index contributed by atoms with van der Waals surface area (Å²) in [6.45, 7) is 2.08. The van der Waals surface area contributed by atoms with Crippen LogP contribution in [0.1, 0.15) is 23.7 Å². The lowest BCUT2D eigenvalue weighted by atomic mass is 10.1. The molecule has 0 amide bonds. The molecule has 1 aliphatic carbocycles. The quantitative estimate of drug-likeness (QED) is 0.738. The third-order valence-corrected chi connectivity index (χ3v) is 3.20. The van der Waals surface area contributed by atoms with Crippen molar-refractivity contribution in [3.8, 4) is 5.75 Å². The number of ketones is 1. The first-order valence-electron chi connectivity index (χ1n) is 5.01. The molecule has 0 heterocycles. The molecule has 80 valence electrons. The fourth-order valence-corrected chi connectivity index (χ4v) is 1.97. The lowest BCUT2D eigenvalue weighted by molar-refractivity contribution is 0.0962. The van der Waals surface area contributed by atoms with Gasteiger partial charge in [0.2, 0.25) is 0 Å². The highest BCUT2D eigenvalue weighted by molar-refractivity contribution is 6.34. The molecule has 0 bridgehead atoms. The minimum absolute atomic E-state index is 0.162. The molecule has 3 heteroatoms. The van der Waals surface area contributed by atoms with Crippen LogP contribution in [-0.2, 0) is 0 Å². The van der Waals surface area contributed by atoms with Crippen molar-refractivity contribution in [2.45, 2.75) is 13.3 Å². The SMILES string of the molecule is COc1ccc(C(=O)C2CC2C)c(Cl)c1. The Labute approximate surface area is 94.2 Å². The van der Waals surface area contributed by atoms with Gasteiger partial charge in [0.25, 0.3) is 0 Å². The van der Waals surface area contributed by atoms with Crippen molar-refractivity contribution >= 4 is 17.4 Å².